The Morgan fingerprint density at radius 1 is 0.951 bits per heavy atom. The molecule has 2 fully saturated rings. The third kappa shape index (κ3) is 5.38. The van der Waals surface area contributed by atoms with E-state index in [2.05, 4.69) is 20.6 Å². The van der Waals surface area contributed by atoms with Gasteiger partial charge in [-0.15, -0.1) is 0 Å². The van der Waals surface area contributed by atoms with E-state index < -0.39 is 0 Å². The number of pyridine rings is 2. The van der Waals surface area contributed by atoms with Crippen LogP contribution in [-0.4, -0.2) is 44.0 Å². The maximum absolute atomic E-state index is 13.7. The van der Waals surface area contributed by atoms with Crippen LogP contribution in [0.1, 0.15) is 77.4 Å². The third-order valence-corrected chi connectivity index (χ3v) is 8.75. The first-order valence-electron chi connectivity index (χ1n) is 14.3. The van der Waals surface area contributed by atoms with E-state index in [-0.39, 0.29) is 23.5 Å². The summed E-state index contributed by atoms with van der Waals surface area (Å²) < 4.78 is 3.49. The molecule has 0 atom stereocenters. The Bertz CT molecular complexity index is 1650. The van der Waals surface area contributed by atoms with Crippen LogP contribution >= 0.6 is 11.6 Å². The van der Waals surface area contributed by atoms with Crippen LogP contribution in [0, 0.1) is 5.92 Å². The summed E-state index contributed by atoms with van der Waals surface area (Å²) in [6.45, 7) is 0.598. The number of halogens is 1. The molecule has 2 N–H and O–H groups in total. The summed E-state index contributed by atoms with van der Waals surface area (Å²) in [6, 6.07) is 12.9. The zero-order valence-electron chi connectivity index (χ0n) is 23.0. The van der Waals surface area contributed by atoms with Crippen LogP contribution in [0.3, 0.4) is 0 Å². The molecule has 0 bridgehead atoms. The van der Waals surface area contributed by atoms with Crippen LogP contribution in [0.5, 0.6) is 0 Å². The lowest BCUT2D eigenvalue weighted by molar-refractivity contribution is 0.0916. The molecule has 0 saturated heterocycles. The SMILES string of the molecule is CNC(=O)c1ccc(-n2c(=O)n(CC3CCC(NC(=O)c4cc(Cl)cnc4C4CCC4)CC3)c3ccccc32)cn1. The molecule has 2 amide bonds. The van der Waals surface area contributed by atoms with Gasteiger partial charge in [-0.3, -0.25) is 23.7 Å². The van der Waals surface area contributed by atoms with E-state index in [0.717, 1.165) is 55.3 Å². The molecule has 1 aromatic carbocycles. The van der Waals surface area contributed by atoms with Gasteiger partial charge in [-0.1, -0.05) is 30.2 Å². The maximum Gasteiger partial charge on any atom is 0.333 e. The first-order chi connectivity index (χ1) is 19.9. The lowest BCUT2D eigenvalue weighted by Gasteiger charge is -2.30. The van der Waals surface area contributed by atoms with Crippen molar-refractivity contribution in [2.45, 2.75) is 63.5 Å². The molecule has 2 saturated carbocycles. The molecular formula is C31H33ClN6O3. The predicted molar refractivity (Wildman–Crippen MR) is 158 cm³/mol. The molecule has 6 rings (SSSR count). The summed E-state index contributed by atoms with van der Waals surface area (Å²) in [5.74, 6) is 0.280. The van der Waals surface area contributed by atoms with Gasteiger partial charge in [0.25, 0.3) is 11.8 Å². The van der Waals surface area contributed by atoms with E-state index in [0.29, 0.717) is 40.3 Å². The van der Waals surface area contributed by atoms with Crippen molar-refractivity contribution in [2.24, 2.45) is 5.92 Å². The molecule has 3 heterocycles. The largest absolute Gasteiger partial charge is 0.354 e. The molecule has 9 nitrogen and oxygen atoms in total. The summed E-state index contributed by atoms with van der Waals surface area (Å²) in [7, 11) is 1.56. The molecule has 10 heteroatoms. The fourth-order valence-corrected chi connectivity index (χ4v) is 6.22. The van der Waals surface area contributed by atoms with Gasteiger partial charge in [-0.2, -0.15) is 0 Å². The minimum absolute atomic E-state index is 0.0787. The van der Waals surface area contributed by atoms with Gasteiger partial charge in [0, 0.05) is 31.7 Å². The van der Waals surface area contributed by atoms with E-state index in [1.54, 1.807) is 42.2 Å². The number of nitrogens with zero attached hydrogens (tertiary/aromatic N) is 4. The summed E-state index contributed by atoms with van der Waals surface area (Å²) in [5, 5.41) is 6.27. The van der Waals surface area contributed by atoms with Crippen molar-refractivity contribution >= 4 is 34.4 Å². The van der Waals surface area contributed by atoms with Crippen LogP contribution in [0.25, 0.3) is 16.7 Å². The second kappa shape index (κ2) is 11.5. The number of hydrogen-bond acceptors (Lipinski definition) is 5. The van der Waals surface area contributed by atoms with Crippen molar-refractivity contribution in [2.75, 3.05) is 7.05 Å². The van der Waals surface area contributed by atoms with Crippen molar-refractivity contribution in [3.05, 3.63) is 87.3 Å². The van der Waals surface area contributed by atoms with Gasteiger partial charge < -0.3 is 10.6 Å². The number of nitrogens with one attached hydrogen (secondary N) is 2. The number of aromatic nitrogens is 4. The molecule has 212 valence electrons. The van der Waals surface area contributed by atoms with E-state index in [1.807, 2.05) is 28.8 Å². The van der Waals surface area contributed by atoms with Crippen molar-refractivity contribution in [1.82, 2.24) is 29.7 Å². The van der Waals surface area contributed by atoms with Gasteiger partial charge in [0.1, 0.15) is 5.69 Å². The highest BCUT2D eigenvalue weighted by atomic mass is 35.5. The van der Waals surface area contributed by atoms with Gasteiger partial charge in [-0.05, 0) is 74.8 Å². The average molecular weight is 573 g/mol. The zero-order chi connectivity index (χ0) is 28.5. The van der Waals surface area contributed by atoms with Crippen LogP contribution in [0.4, 0.5) is 0 Å². The lowest BCUT2D eigenvalue weighted by atomic mass is 9.80. The van der Waals surface area contributed by atoms with Crippen LogP contribution in [0.2, 0.25) is 5.02 Å². The maximum atomic E-state index is 13.7. The topological polar surface area (TPSA) is 111 Å². The number of benzene rings is 1. The van der Waals surface area contributed by atoms with Gasteiger partial charge in [0.05, 0.1) is 39.2 Å². The van der Waals surface area contributed by atoms with Crippen LogP contribution < -0.4 is 16.3 Å². The summed E-state index contributed by atoms with van der Waals surface area (Å²) in [5.41, 5.74) is 3.89. The minimum Gasteiger partial charge on any atom is -0.354 e. The van der Waals surface area contributed by atoms with E-state index in [4.69, 9.17) is 11.6 Å². The Kier molecular flexibility index (Phi) is 7.62. The number of carbonyl (C=O) groups excluding carboxylic acids is 2. The Morgan fingerprint density at radius 3 is 2.37 bits per heavy atom. The number of fused-ring (bicyclic) bond motifs is 1. The third-order valence-electron chi connectivity index (χ3n) is 8.55. The van der Waals surface area contributed by atoms with Gasteiger partial charge >= 0.3 is 5.69 Å². The Labute approximate surface area is 243 Å². The predicted octanol–water partition coefficient (Wildman–Crippen LogP) is 4.85. The summed E-state index contributed by atoms with van der Waals surface area (Å²) >= 11 is 6.19. The van der Waals surface area contributed by atoms with Crippen molar-refractivity contribution in [1.29, 1.82) is 0 Å². The van der Waals surface area contributed by atoms with Gasteiger partial charge in [0.2, 0.25) is 0 Å². The normalized spacial score (nSPS) is 19.1. The summed E-state index contributed by atoms with van der Waals surface area (Å²) in [6.07, 6.45) is 9.99. The van der Waals surface area contributed by atoms with Crippen molar-refractivity contribution < 1.29 is 9.59 Å². The van der Waals surface area contributed by atoms with E-state index in [9.17, 15) is 14.4 Å². The zero-order valence-corrected chi connectivity index (χ0v) is 23.7. The number of imidazole rings is 1. The second-order valence-corrected chi connectivity index (χ2v) is 11.5. The van der Waals surface area contributed by atoms with Crippen LogP contribution in [0.15, 0.2) is 59.7 Å². The van der Waals surface area contributed by atoms with Gasteiger partial charge in [-0.25, -0.2) is 9.78 Å². The molecule has 4 aromatic rings. The Hall–Kier alpha value is -3.98. The van der Waals surface area contributed by atoms with E-state index >= 15 is 0 Å². The summed E-state index contributed by atoms with van der Waals surface area (Å²) in [4.78, 5) is 47.6. The number of carbonyl (C=O) groups is 2. The number of hydrogen-bond donors (Lipinski definition) is 2. The Morgan fingerprint density at radius 2 is 1.71 bits per heavy atom. The quantitative estimate of drug-likeness (QED) is 0.329. The highest BCUT2D eigenvalue weighted by molar-refractivity contribution is 6.30. The molecule has 0 radical (unpaired) electrons. The molecule has 0 spiro atoms. The van der Waals surface area contributed by atoms with Gasteiger partial charge in [0.15, 0.2) is 0 Å². The standard InChI is InChI=1S/C31H33ClN6O3/c1-33-30(40)25-14-13-23(17-34-25)38-27-8-3-2-7-26(27)37(31(38)41)18-19-9-11-22(12-10-19)36-29(39)24-15-21(32)16-35-28(24)20-5-4-6-20/h2-3,7-8,13-17,19-20,22H,4-6,9-12,18H2,1H3,(H,33,40)(H,36,39). The second-order valence-electron chi connectivity index (χ2n) is 11.1. The minimum atomic E-state index is -0.277. The molecule has 2 aliphatic rings. The molecule has 3 aromatic heterocycles. The van der Waals surface area contributed by atoms with Crippen molar-refractivity contribution in [3.63, 3.8) is 0 Å². The lowest BCUT2D eigenvalue weighted by Crippen LogP contribution is -2.39. The average Bonchev–Trinajstić information content (AvgIpc) is 3.24. The molecule has 41 heavy (non-hydrogen) atoms. The fraction of sp³-hybridized carbons (Fsp3) is 0.387. The number of para-hydroxylation sites is 2. The number of rotatable bonds is 7. The monoisotopic (exact) mass is 572 g/mol. The highest BCUT2D eigenvalue weighted by Gasteiger charge is 2.29. The Balaban J connectivity index is 1.15. The van der Waals surface area contributed by atoms with Crippen LogP contribution in [-0.2, 0) is 6.54 Å². The molecule has 0 aliphatic heterocycles. The molecule has 0 unspecified atom stereocenters. The molecular weight excluding hydrogens is 540 g/mol. The fourth-order valence-electron chi connectivity index (χ4n) is 6.06. The highest BCUT2D eigenvalue weighted by Crippen LogP contribution is 2.37. The number of amides is 2. The smallest absolute Gasteiger partial charge is 0.333 e. The first kappa shape index (κ1) is 27.2. The molecule has 2 aliphatic carbocycles. The van der Waals surface area contributed by atoms with Crippen molar-refractivity contribution in [3.8, 4) is 5.69 Å². The first-order valence-corrected chi connectivity index (χ1v) is 14.7. The van der Waals surface area contributed by atoms with E-state index in [1.165, 1.54) is 6.42 Å².